The molecule has 0 unspecified atom stereocenters. The number of carbonyl (C=O) groups is 6. The molecule has 0 fully saturated rings. The predicted octanol–water partition coefficient (Wildman–Crippen LogP) is 8.25. The number of methoxy groups -OCH3 is 3. The Hall–Kier alpha value is -9.26. The van der Waals surface area contributed by atoms with Gasteiger partial charge in [-0.05, 0) is 122 Å². The van der Waals surface area contributed by atoms with Gasteiger partial charge in [0.15, 0.2) is 0 Å². The highest BCUT2D eigenvalue weighted by atomic mass is 16.5. The fraction of sp³-hybridized carbons (Fsp3) is 0.176. The summed E-state index contributed by atoms with van der Waals surface area (Å²) in [6.07, 6.45) is 7.09. The maximum absolute atomic E-state index is 12.8. The van der Waals surface area contributed by atoms with Crippen molar-refractivity contribution in [2.75, 3.05) is 43.0 Å². The molecule has 0 bridgehead atoms. The molecule has 19 nitrogen and oxygen atoms in total. The summed E-state index contributed by atoms with van der Waals surface area (Å²) in [5.74, 6) is -0.847. The number of nitrogen functional groups attached to an aromatic ring is 1. The molecule has 362 valence electrons. The summed E-state index contributed by atoms with van der Waals surface area (Å²) in [6, 6.07) is 27.5. The molecule has 0 saturated carbocycles. The van der Waals surface area contributed by atoms with Gasteiger partial charge >= 0.3 is 17.9 Å². The number of nitrogens with one attached hydrogen (secondary N) is 3. The Bertz CT molecular complexity index is 3180. The minimum atomic E-state index is -0.549. The molecule has 0 radical (unpaired) electrons. The van der Waals surface area contributed by atoms with E-state index in [1.54, 1.807) is 137 Å². The molecular formula is C51H52N8O11. The van der Waals surface area contributed by atoms with Gasteiger partial charge in [0.25, 0.3) is 17.7 Å². The van der Waals surface area contributed by atoms with Crippen molar-refractivity contribution in [3.63, 3.8) is 0 Å². The lowest BCUT2D eigenvalue weighted by molar-refractivity contribution is 0.0558. The first kappa shape index (κ1) is 50.2. The molecule has 0 aliphatic rings. The molecule has 0 atom stereocenters. The van der Waals surface area contributed by atoms with Gasteiger partial charge in [0.05, 0.1) is 32.7 Å². The van der Waals surface area contributed by atoms with Gasteiger partial charge in [0, 0.05) is 75.5 Å². The predicted molar refractivity (Wildman–Crippen MR) is 262 cm³/mol. The normalized spacial score (nSPS) is 10.5. The van der Waals surface area contributed by atoms with Gasteiger partial charge in [-0.3, -0.25) is 14.4 Å². The zero-order chi connectivity index (χ0) is 50.8. The molecule has 0 aliphatic heterocycles. The van der Waals surface area contributed by atoms with E-state index >= 15 is 0 Å². The maximum atomic E-state index is 12.8. The highest BCUT2D eigenvalue weighted by Crippen LogP contribution is 2.26. The number of furan rings is 2. The van der Waals surface area contributed by atoms with Crippen molar-refractivity contribution >= 4 is 58.4 Å². The van der Waals surface area contributed by atoms with Crippen LogP contribution in [-0.2, 0) is 42.4 Å². The van der Waals surface area contributed by atoms with Crippen molar-refractivity contribution in [3.05, 3.63) is 167 Å². The summed E-state index contributed by atoms with van der Waals surface area (Å²) in [4.78, 5) is 71.8. The van der Waals surface area contributed by atoms with Crippen LogP contribution in [0.15, 0.2) is 131 Å². The molecule has 8 aromatic rings. The lowest BCUT2D eigenvalue weighted by Crippen LogP contribution is -2.15. The number of amides is 3. The van der Waals surface area contributed by atoms with Crippen LogP contribution >= 0.6 is 0 Å². The van der Waals surface area contributed by atoms with Crippen LogP contribution in [0, 0.1) is 13.8 Å². The molecule has 6 aromatic heterocycles. The van der Waals surface area contributed by atoms with Crippen LogP contribution in [-0.4, -0.2) is 75.2 Å². The van der Waals surface area contributed by atoms with E-state index in [1.165, 1.54) is 21.3 Å². The number of benzene rings is 2. The molecule has 0 spiro atoms. The molecule has 2 aromatic carbocycles. The third-order valence-corrected chi connectivity index (χ3v) is 10.5. The Morgan fingerprint density at radius 1 is 0.443 bits per heavy atom. The molecule has 5 N–H and O–H groups in total. The maximum Gasteiger partial charge on any atom is 0.373 e. The Morgan fingerprint density at radius 3 is 1.20 bits per heavy atom. The van der Waals surface area contributed by atoms with E-state index in [4.69, 9.17) is 14.6 Å². The second kappa shape index (κ2) is 22.0. The SMILES string of the molecule is COC(=O)c1cc(NC(=O)c2cc(C)cn2C)cn1C.COC(=O)c1ccc(-c2ccc(N)cc2)o1.COC(=O)c1ccc(-c2ccc(NC(=O)c3cc(NC(=O)c4cc(C)cn4C)cn3C)cc2)o1. The number of ether oxygens (including phenoxy) is 3. The highest BCUT2D eigenvalue weighted by molar-refractivity contribution is 6.07. The van der Waals surface area contributed by atoms with Crippen molar-refractivity contribution in [1.82, 2.24) is 18.3 Å². The average molecular weight is 953 g/mol. The van der Waals surface area contributed by atoms with E-state index in [0.29, 0.717) is 57.0 Å². The van der Waals surface area contributed by atoms with Crippen molar-refractivity contribution in [2.45, 2.75) is 13.8 Å². The van der Waals surface area contributed by atoms with Crippen molar-refractivity contribution in [1.29, 1.82) is 0 Å². The summed E-state index contributed by atoms with van der Waals surface area (Å²) >= 11 is 0. The first-order valence-corrected chi connectivity index (χ1v) is 21.3. The zero-order valence-corrected chi connectivity index (χ0v) is 39.9. The average Bonchev–Trinajstić information content (AvgIpc) is 4.22. The molecule has 70 heavy (non-hydrogen) atoms. The smallest absolute Gasteiger partial charge is 0.373 e. The van der Waals surface area contributed by atoms with Gasteiger partial charge < -0.3 is 63.0 Å². The minimum absolute atomic E-state index is 0.115. The first-order chi connectivity index (χ1) is 33.4. The van der Waals surface area contributed by atoms with E-state index in [-0.39, 0.29) is 29.2 Å². The number of hydrogen-bond acceptors (Lipinski definition) is 12. The van der Waals surface area contributed by atoms with E-state index in [9.17, 15) is 28.8 Å². The molecule has 3 amide bonds. The first-order valence-electron chi connectivity index (χ1n) is 21.3. The lowest BCUT2D eigenvalue weighted by Gasteiger charge is -2.06. The van der Waals surface area contributed by atoms with Gasteiger partial charge in [-0.15, -0.1) is 0 Å². The number of carbonyl (C=O) groups excluding carboxylic acids is 6. The topological polar surface area (TPSA) is 238 Å². The second-order valence-electron chi connectivity index (χ2n) is 15.8. The van der Waals surface area contributed by atoms with Gasteiger partial charge in [0.1, 0.15) is 34.3 Å². The van der Waals surface area contributed by atoms with Gasteiger partial charge in [-0.1, -0.05) is 0 Å². The second-order valence-corrected chi connectivity index (χ2v) is 15.8. The summed E-state index contributed by atoms with van der Waals surface area (Å²) < 4.78 is 31.5. The van der Waals surface area contributed by atoms with E-state index in [1.807, 2.05) is 45.4 Å². The number of esters is 3. The quantitative estimate of drug-likeness (QED) is 0.0545. The van der Waals surface area contributed by atoms with Crippen LogP contribution in [0.4, 0.5) is 22.7 Å². The van der Waals surface area contributed by atoms with Crippen LogP contribution in [0.3, 0.4) is 0 Å². The van der Waals surface area contributed by atoms with Crippen molar-refractivity contribution in [3.8, 4) is 22.6 Å². The van der Waals surface area contributed by atoms with E-state index in [2.05, 4.69) is 30.2 Å². The molecule has 6 heterocycles. The molecule has 0 aliphatic carbocycles. The van der Waals surface area contributed by atoms with Crippen LogP contribution in [0.1, 0.15) is 74.2 Å². The fourth-order valence-corrected chi connectivity index (χ4v) is 7.07. The van der Waals surface area contributed by atoms with Crippen LogP contribution in [0.25, 0.3) is 22.6 Å². The van der Waals surface area contributed by atoms with Gasteiger partial charge in [0.2, 0.25) is 11.5 Å². The summed E-state index contributed by atoms with van der Waals surface area (Å²) in [7, 11) is 11.0. The third-order valence-electron chi connectivity index (χ3n) is 10.5. The van der Waals surface area contributed by atoms with Crippen LogP contribution in [0.5, 0.6) is 0 Å². The Morgan fingerprint density at radius 2 is 0.800 bits per heavy atom. The third kappa shape index (κ3) is 12.2. The zero-order valence-electron chi connectivity index (χ0n) is 39.9. The molecule has 19 heteroatoms. The minimum Gasteiger partial charge on any atom is -0.464 e. The van der Waals surface area contributed by atoms with Crippen LogP contribution < -0.4 is 21.7 Å². The number of nitrogens with zero attached hydrogens (tertiary/aromatic N) is 4. The molecule has 8 rings (SSSR count). The Balaban J connectivity index is 0.000000189. The van der Waals surface area contributed by atoms with Gasteiger partial charge in [-0.2, -0.15) is 0 Å². The van der Waals surface area contributed by atoms with Crippen molar-refractivity contribution < 1.29 is 51.8 Å². The Kier molecular flexibility index (Phi) is 15.8. The summed E-state index contributed by atoms with van der Waals surface area (Å²) in [6.45, 7) is 3.84. The summed E-state index contributed by atoms with van der Waals surface area (Å²) in [5, 5.41) is 8.43. The van der Waals surface area contributed by atoms with Crippen molar-refractivity contribution in [2.24, 2.45) is 28.2 Å². The number of aromatic nitrogens is 4. The fourth-order valence-electron chi connectivity index (χ4n) is 7.07. The number of nitrogens with two attached hydrogens (primary N) is 1. The monoisotopic (exact) mass is 952 g/mol. The Labute approximate surface area is 402 Å². The largest absolute Gasteiger partial charge is 0.464 e. The lowest BCUT2D eigenvalue weighted by atomic mass is 10.1. The number of rotatable bonds is 11. The van der Waals surface area contributed by atoms with E-state index < -0.39 is 17.9 Å². The number of aryl methyl sites for hydroxylation is 6. The molecular weight excluding hydrogens is 901 g/mol. The van der Waals surface area contributed by atoms with E-state index in [0.717, 1.165) is 22.3 Å². The molecule has 0 saturated heterocycles. The number of anilines is 4. The van der Waals surface area contributed by atoms with Crippen LogP contribution in [0.2, 0.25) is 0 Å². The summed E-state index contributed by atoms with van der Waals surface area (Å²) in [5.41, 5.74) is 13.4. The number of hydrogen-bond donors (Lipinski definition) is 4. The highest BCUT2D eigenvalue weighted by Gasteiger charge is 2.19. The standard InChI is InChI=1S/C25H24N4O5.C14H17N3O3.C12H11NO3/c1-15-11-19(28(2)13-15)23(30)27-18-12-20(29(3)14-18)24(31)26-17-7-5-16(6-8-17)21-9-10-22(34-21)25(32)33-4;1-9-5-11(16(2)7-9)13(18)15-10-6-12(14(19)20-4)17(3)8-10;1-15-12(14)11-7-6-10(16-11)8-2-4-9(13)5-3-8/h5-14H,1-4H3,(H,26,31)(H,27,30);5-8H,1-4H3,(H,15,18);2-7H,13H2,1H3. The van der Waals surface area contributed by atoms with Gasteiger partial charge in [-0.25, -0.2) is 14.4 Å².